The monoisotopic (exact) mass is 355 g/mol. The van der Waals surface area contributed by atoms with Crippen LogP contribution in [0, 0.1) is 0 Å². The maximum absolute atomic E-state index is 13.1. The summed E-state index contributed by atoms with van der Waals surface area (Å²) in [7, 11) is 3.21. The van der Waals surface area contributed by atoms with Crippen molar-refractivity contribution in [2.75, 3.05) is 20.2 Å². The summed E-state index contributed by atoms with van der Waals surface area (Å²) < 4.78 is 46.3. The van der Waals surface area contributed by atoms with Crippen molar-refractivity contribution in [3.05, 3.63) is 41.5 Å². The van der Waals surface area contributed by atoms with Crippen molar-refractivity contribution in [2.24, 2.45) is 7.05 Å². The molecule has 0 spiro atoms. The third kappa shape index (κ3) is 3.34. The number of alkyl halides is 3. The van der Waals surface area contributed by atoms with E-state index < -0.39 is 23.2 Å². The van der Waals surface area contributed by atoms with E-state index in [4.69, 9.17) is 4.74 Å². The maximum atomic E-state index is 13.1. The van der Waals surface area contributed by atoms with Crippen LogP contribution >= 0.6 is 0 Å². The third-order valence-corrected chi connectivity index (χ3v) is 4.21. The van der Waals surface area contributed by atoms with Gasteiger partial charge in [0, 0.05) is 45.8 Å². The topological polar surface area (TPSA) is 73.1 Å². The van der Waals surface area contributed by atoms with Crippen LogP contribution in [0.5, 0.6) is 0 Å². The van der Waals surface area contributed by atoms with Crippen molar-refractivity contribution < 1.29 is 22.7 Å². The fourth-order valence-corrected chi connectivity index (χ4v) is 2.97. The Kier molecular flexibility index (Phi) is 4.46. The number of pyridine rings is 1. The SMILES string of the molecule is CO[C@@H]1CN(C(=O)c2ccncc2C(F)(F)F)C[C@H]1c1cn(C)nn1. The molecule has 0 N–H and O–H groups in total. The Morgan fingerprint density at radius 3 is 2.72 bits per heavy atom. The van der Waals surface area contributed by atoms with Gasteiger partial charge in [0.25, 0.3) is 5.91 Å². The van der Waals surface area contributed by atoms with Gasteiger partial charge in [-0.15, -0.1) is 5.10 Å². The number of aromatic nitrogens is 4. The predicted octanol–water partition coefficient (Wildman–Crippen LogP) is 1.48. The Morgan fingerprint density at radius 1 is 1.36 bits per heavy atom. The van der Waals surface area contributed by atoms with Crippen molar-refractivity contribution in [3.8, 4) is 0 Å². The lowest BCUT2D eigenvalue weighted by Crippen LogP contribution is -2.31. The summed E-state index contributed by atoms with van der Waals surface area (Å²) in [6, 6.07) is 1.09. The minimum atomic E-state index is -4.65. The van der Waals surface area contributed by atoms with E-state index in [2.05, 4.69) is 15.3 Å². The minimum Gasteiger partial charge on any atom is -0.379 e. The number of hydrogen-bond acceptors (Lipinski definition) is 5. The van der Waals surface area contributed by atoms with Gasteiger partial charge in [0.05, 0.1) is 28.8 Å². The predicted molar refractivity (Wildman–Crippen MR) is 79.7 cm³/mol. The maximum Gasteiger partial charge on any atom is 0.418 e. The first-order valence-electron chi connectivity index (χ1n) is 7.50. The van der Waals surface area contributed by atoms with E-state index in [1.165, 1.54) is 22.9 Å². The van der Waals surface area contributed by atoms with Gasteiger partial charge in [0.15, 0.2) is 0 Å². The summed E-state index contributed by atoms with van der Waals surface area (Å²) in [5.41, 5.74) is -0.829. The van der Waals surface area contributed by atoms with Crippen LogP contribution in [0.15, 0.2) is 24.7 Å². The van der Waals surface area contributed by atoms with E-state index in [0.717, 1.165) is 6.07 Å². The molecule has 0 aliphatic carbocycles. The standard InChI is InChI=1S/C15H16F3N5O2/c1-22-7-12(20-21-22)10-6-23(8-13(10)25-2)14(24)9-3-4-19-5-11(9)15(16,17)18/h3-5,7,10,13H,6,8H2,1-2H3/t10-,13+/m0/s1. The van der Waals surface area contributed by atoms with E-state index in [-0.39, 0.29) is 25.1 Å². The van der Waals surface area contributed by atoms with Crippen LogP contribution < -0.4 is 0 Å². The molecule has 7 nitrogen and oxygen atoms in total. The molecule has 3 rings (SSSR count). The highest BCUT2D eigenvalue weighted by Crippen LogP contribution is 2.34. The van der Waals surface area contributed by atoms with Crippen molar-refractivity contribution in [1.82, 2.24) is 24.9 Å². The number of ether oxygens (including phenoxy) is 1. The lowest BCUT2D eigenvalue weighted by Gasteiger charge is -2.18. The van der Waals surface area contributed by atoms with E-state index in [1.54, 1.807) is 13.2 Å². The third-order valence-electron chi connectivity index (χ3n) is 4.21. The number of halogens is 3. The molecule has 1 aliphatic rings. The quantitative estimate of drug-likeness (QED) is 0.834. The molecule has 0 bridgehead atoms. The van der Waals surface area contributed by atoms with Gasteiger partial charge in [0.1, 0.15) is 0 Å². The number of carbonyl (C=O) groups is 1. The number of amides is 1. The molecule has 1 fully saturated rings. The Hall–Kier alpha value is -2.49. The van der Waals surface area contributed by atoms with Gasteiger partial charge in [-0.25, -0.2) is 0 Å². The molecule has 0 saturated carbocycles. The molecule has 25 heavy (non-hydrogen) atoms. The average Bonchev–Trinajstić information content (AvgIpc) is 3.19. The molecule has 134 valence electrons. The number of hydrogen-bond donors (Lipinski definition) is 0. The normalized spacial score (nSPS) is 20.9. The highest BCUT2D eigenvalue weighted by molar-refractivity contribution is 5.96. The number of rotatable bonds is 3. The molecular weight excluding hydrogens is 339 g/mol. The fourth-order valence-electron chi connectivity index (χ4n) is 2.97. The zero-order valence-corrected chi connectivity index (χ0v) is 13.6. The van der Waals surface area contributed by atoms with Crippen molar-refractivity contribution in [2.45, 2.75) is 18.2 Å². The molecular formula is C15H16F3N5O2. The summed E-state index contributed by atoms with van der Waals surface area (Å²) >= 11 is 0. The van der Waals surface area contributed by atoms with Crippen LogP contribution in [0.2, 0.25) is 0 Å². The summed E-state index contributed by atoms with van der Waals surface area (Å²) in [6.45, 7) is 0.381. The highest BCUT2D eigenvalue weighted by Gasteiger charge is 2.41. The Morgan fingerprint density at radius 2 is 2.12 bits per heavy atom. The summed E-state index contributed by atoms with van der Waals surface area (Å²) in [5.74, 6) is -0.956. The summed E-state index contributed by atoms with van der Waals surface area (Å²) in [5, 5.41) is 7.88. The van der Waals surface area contributed by atoms with Crippen LogP contribution in [0.25, 0.3) is 0 Å². The first-order chi connectivity index (χ1) is 11.8. The fraction of sp³-hybridized carbons (Fsp3) is 0.467. The van der Waals surface area contributed by atoms with Crippen LogP contribution in [0.4, 0.5) is 13.2 Å². The average molecular weight is 355 g/mol. The number of methoxy groups -OCH3 is 1. The molecule has 2 aromatic rings. The molecule has 0 aromatic carbocycles. The lowest BCUT2D eigenvalue weighted by atomic mass is 10.0. The summed E-state index contributed by atoms with van der Waals surface area (Å²) in [6.07, 6.45) is -1.47. The van der Waals surface area contributed by atoms with E-state index in [1.807, 2.05) is 0 Å². The van der Waals surface area contributed by atoms with Crippen molar-refractivity contribution in [3.63, 3.8) is 0 Å². The number of likely N-dealkylation sites (tertiary alicyclic amines) is 1. The minimum absolute atomic E-state index is 0.177. The van der Waals surface area contributed by atoms with Gasteiger partial charge in [-0.1, -0.05) is 5.21 Å². The molecule has 3 heterocycles. The summed E-state index contributed by atoms with van der Waals surface area (Å²) in [4.78, 5) is 17.5. The van der Waals surface area contributed by atoms with Gasteiger partial charge < -0.3 is 9.64 Å². The molecule has 1 saturated heterocycles. The molecule has 1 aliphatic heterocycles. The first-order valence-corrected chi connectivity index (χ1v) is 7.50. The number of nitrogens with zero attached hydrogens (tertiary/aromatic N) is 5. The molecule has 0 unspecified atom stereocenters. The molecule has 0 radical (unpaired) electrons. The van der Waals surface area contributed by atoms with E-state index >= 15 is 0 Å². The second-order valence-electron chi connectivity index (χ2n) is 5.83. The Labute approximate surface area is 141 Å². The largest absolute Gasteiger partial charge is 0.418 e. The van der Waals surface area contributed by atoms with Crippen LogP contribution in [0.3, 0.4) is 0 Å². The van der Waals surface area contributed by atoms with Crippen LogP contribution in [0.1, 0.15) is 27.5 Å². The van der Waals surface area contributed by atoms with Crippen molar-refractivity contribution >= 4 is 5.91 Å². The molecule has 2 aromatic heterocycles. The molecule has 2 atom stereocenters. The second kappa shape index (κ2) is 6.43. The molecule has 10 heteroatoms. The van der Waals surface area contributed by atoms with Gasteiger partial charge in [-0.05, 0) is 6.07 Å². The number of carbonyl (C=O) groups excluding carboxylic acids is 1. The van der Waals surface area contributed by atoms with Crippen LogP contribution in [-0.4, -0.2) is 57.1 Å². The van der Waals surface area contributed by atoms with Crippen molar-refractivity contribution in [1.29, 1.82) is 0 Å². The number of aryl methyl sites for hydroxylation is 1. The van der Waals surface area contributed by atoms with Crippen LogP contribution in [-0.2, 0) is 18.0 Å². The first kappa shape index (κ1) is 17.3. The second-order valence-corrected chi connectivity index (χ2v) is 5.83. The Bertz CT molecular complexity index is 777. The van der Waals surface area contributed by atoms with Gasteiger partial charge in [-0.3, -0.25) is 14.5 Å². The lowest BCUT2D eigenvalue weighted by molar-refractivity contribution is -0.138. The van der Waals surface area contributed by atoms with Gasteiger partial charge in [-0.2, -0.15) is 13.2 Å². The van der Waals surface area contributed by atoms with Gasteiger partial charge >= 0.3 is 6.18 Å². The highest BCUT2D eigenvalue weighted by atomic mass is 19.4. The Balaban J connectivity index is 1.87. The zero-order valence-electron chi connectivity index (χ0n) is 13.6. The van der Waals surface area contributed by atoms with E-state index in [9.17, 15) is 18.0 Å². The molecule has 1 amide bonds. The zero-order chi connectivity index (χ0) is 18.2. The smallest absolute Gasteiger partial charge is 0.379 e. The van der Waals surface area contributed by atoms with E-state index in [0.29, 0.717) is 11.9 Å². The van der Waals surface area contributed by atoms with Gasteiger partial charge in [0.2, 0.25) is 0 Å².